The highest BCUT2D eigenvalue weighted by atomic mass is 16.5. The molecule has 0 saturated carbocycles. The van der Waals surface area contributed by atoms with Crippen LogP contribution in [0.2, 0.25) is 0 Å². The summed E-state index contributed by atoms with van der Waals surface area (Å²) in [6, 6.07) is 0.387. The van der Waals surface area contributed by atoms with E-state index >= 15 is 0 Å². The van der Waals surface area contributed by atoms with Gasteiger partial charge in [0.2, 0.25) is 0 Å². The molecule has 0 aliphatic carbocycles. The van der Waals surface area contributed by atoms with E-state index < -0.39 is 0 Å². The maximum atomic E-state index is 10.8. The fraction of sp³-hybridized carbons (Fsp3) is 0.900. The summed E-state index contributed by atoms with van der Waals surface area (Å²) in [5, 5.41) is 3.32. The Kier molecular flexibility index (Phi) is 8.57. The molecule has 4 heteroatoms. The molecule has 84 valence electrons. The van der Waals surface area contributed by atoms with Crippen molar-refractivity contribution in [3.8, 4) is 0 Å². The maximum absolute atomic E-state index is 10.8. The monoisotopic (exact) mass is 203 g/mol. The first-order valence-electron chi connectivity index (χ1n) is 5.03. The van der Waals surface area contributed by atoms with Gasteiger partial charge in [-0.25, -0.2) is 0 Å². The second-order valence-corrected chi connectivity index (χ2v) is 3.19. The zero-order chi connectivity index (χ0) is 10.8. The average Bonchev–Trinajstić information content (AvgIpc) is 2.22. The number of hydrogen-bond acceptors (Lipinski definition) is 4. The first kappa shape index (κ1) is 13.4. The van der Waals surface area contributed by atoms with E-state index in [1.54, 1.807) is 7.11 Å². The van der Waals surface area contributed by atoms with Gasteiger partial charge in [-0.15, -0.1) is 0 Å². The normalized spacial score (nSPS) is 12.5. The minimum Gasteiger partial charge on any atom is -0.469 e. The third kappa shape index (κ3) is 6.86. The number of ether oxygens (including phenoxy) is 2. The molecule has 1 atom stereocenters. The third-order valence-electron chi connectivity index (χ3n) is 2.08. The Labute approximate surface area is 86.0 Å². The smallest absolute Gasteiger partial charge is 0.305 e. The molecule has 1 N–H and O–H groups in total. The standard InChI is InChI=1S/C10H21NO3/c1-4-9(8-13-2)11-7-5-6-10(12)14-3/h9,11H,4-8H2,1-3H3. The molecule has 0 saturated heterocycles. The Morgan fingerprint density at radius 2 is 2.14 bits per heavy atom. The molecule has 0 radical (unpaired) electrons. The van der Waals surface area contributed by atoms with Crippen molar-refractivity contribution < 1.29 is 14.3 Å². The van der Waals surface area contributed by atoms with Crippen molar-refractivity contribution in [2.24, 2.45) is 0 Å². The van der Waals surface area contributed by atoms with Crippen LogP contribution in [-0.4, -0.2) is 39.4 Å². The molecule has 14 heavy (non-hydrogen) atoms. The Morgan fingerprint density at radius 1 is 1.43 bits per heavy atom. The van der Waals surface area contributed by atoms with Crippen LogP contribution in [0.15, 0.2) is 0 Å². The molecule has 0 spiro atoms. The number of nitrogens with one attached hydrogen (secondary N) is 1. The molecule has 0 heterocycles. The van der Waals surface area contributed by atoms with Gasteiger partial charge in [0.05, 0.1) is 13.7 Å². The van der Waals surface area contributed by atoms with Gasteiger partial charge in [0.25, 0.3) is 0 Å². The summed E-state index contributed by atoms with van der Waals surface area (Å²) >= 11 is 0. The lowest BCUT2D eigenvalue weighted by atomic mass is 10.2. The van der Waals surface area contributed by atoms with Crippen LogP contribution < -0.4 is 5.32 Å². The van der Waals surface area contributed by atoms with Crippen molar-refractivity contribution in [1.29, 1.82) is 0 Å². The molecule has 0 aliphatic heterocycles. The van der Waals surface area contributed by atoms with E-state index in [0.717, 1.165) is 19.4 Å². The fourth-order valence-corrected chi connectivity index (χ4v) is 1.16. The summed E-state index contributed by atoms with van der Waals surface area (Å²) in [5.41, 5.74) is 0. The van der Waals surface area contributed by atoms with Gasteiger partial charge in [-0.05, 0) is 19.4 Å². The third-order valence-corrected chi connectivity index (χ3v) is 2.08. The van der Waals surface area contributed by atoms with E-state index in [4.69, 9.17) is 4.74 Å². The minimum absolute atomic E-state index is 0.147. The van der Waals surface area contributed by atoms with Gasteiger partial charge in [-0.3, -0.25) is 4.79 Å². The number of esters is 1. The summed E-state index contributed by atoms with van der Waals surface area (Å²) in [5.74, 6) is -0.147. The van der Waals surface area contributed by atoms with Crippen LogP contribution in [0.3, 0.4) is 0 Å². The van der Waals surface area contributed by atoms with Crippen molar-refractivity contribution in [2.45, 2.75) is 32.2 Å². The molecule has 0 aliphatic rings. The van der Waals surface area contributed by atoms with Crippen LogP contribution in [0.1, 0.15) is 26.2 Å². The molecule has 1 unspecified atom stereocenters. The molecule has 0 amide bonds. The number of carbonyl (C=O) groups is 1. The Morgan fingerprint density at radius 3 is 2.64 bits per heavy atom. The van der Waals surface area contributed by atoms with Gasteiger partial charge in [0.15, 0.2) is 0 Å². The Bertz CT molecular complexity index is 150. The van der Waals surface area contributed by atoms with Crippen LogP contribution >= 0.6 is 0 Å². The van der Waals surface area contributed by atoms with E-state index in [9.17, 15) is 4.79 Å². The van der Waals surface area contributed by atoms with Gasteiger partial charge in [0.1, 0.15) is 0 Å². The summed E-state index contributed by atoms with van der Waals surface area (Å²) in [7, 11) is 3.11. The van der Waals surface area contributed by atoms with Gasteiger partial charge < -0.3 is 14.8 Å². The second-order valence-electron chi connectivity index (χ2n) is 3.19. The molecule has 0 aromatic carbocycles. The van der Waals surface area contributed by atoms with Crippen molar-refractivity contribution in [1.82, 2.24) is 5.32 Å². The first-order valence-corrected chi connectivity index (χ1v) is 5.03. The molecule has 0 aromatic heterocycles. The number of methoxy groups -OCH3 is 2. The maximum Gasteiger partial charge on any atom is 0.305 e. The highest BCUT2D eigenvalue weighted by Crippen LogP contribution is 1.94. The van der Waals surface area contributed by atoms with Crippen LogP contribution in [-0.2, 0) is 14.3 Å². The van der Waals surface area contributed by atoms with E-state index in [2.05, 4.69) is 17.0 Å². The lowest BCUT2D eigenvalue weighted by Gasteiger charge is -2.15. The zero-order valence-electron chi connectivity index (χ0n) is 9.34. The summed E-state index contributed by atoms with van der Waals surface area (Å²) in [4.78, 5) is 10.8. The summed E-state index contributed by atoms with van der Waals surface area (Å²) < 4.78 is 9.58. The largest absolute Gasteiger partial charge is 0.469 e. The van der Waals surface area contributed by atoms with Gasteiger partial charge in [0, 0.05) is 19.6 Å². The van der Waals surface area contributed by atoms with Crippen molar-refractivity contribution in [3.05, 3.63) is 0 Å². The molecular weight excluding hydrogens is 182 g/mol. The second kappa shape index (κ2) is 8.97. The van der Waals surface area contributed by atoms with Crippen molar-refractivity contribution >= 4 is 5.97 Å². The SMILES string of the molecule is CCC(COC)NCCCC(=O)OC. The molecule has 0 aromatic rings. The van der Waals surface area contributed by atoms with E-state index in [0.29, 0.717) is 19.1 Å². The summed E-state index contributed by atoms with van der Waals surface area (Å²) in [6.45, 7) is 3.66. The summed E-state index contributed by atoms with van der Waals surface area (Å²) in [6.07, 6.45) is 2.33. The van der Waals surface area contributed by atoms with E-state index in [1.807, 2.05) is 0 Å². The lowest BCUT2D eigenvalue weighted by Crippen LogP contribution is -2.33. The zero-order valence-corrected chi connectivity index (χ0v) is 9.34. The van der Waals surface area contributed by atoms with Gasteiger partial charge in [-0.2, -0.15) is 0 Å². The Balaban J connectivity index is 3.37. The fourth-order valence-electron chi connectivity index (χ4n) is 1.16. The molecular formula is C10H21NO3. The highest BCUT2D eigenvalue weighted by molar-refractivity contribution is 5.69. The van der Waals surface area contributed by atoms with Crippen LogP contribution in [0.4, 0.5) is 0 Å². The van der Waals surface area contributed by atoms with Crippen LogP contribution in [0.5, 0.6) is 0 Å². The first-order chi connectivity index (χ1) is 6.74. The van der Waals surface area contributed by atoms with Crippen molar-refractivity contribution in [2.75, 3.05) is 27.4 Å². The van der Waals surface area contributed by atoms with Crippen molar-refractivity contribution in [3.63, 3.8) is 0 Å². The van der Waals surface area contributed by atoms with Gasteiger partial charge >= 0.3 is 5.97 Å². The average molecular weight is 203 g/mol. The van der Waals surface area contributed by atoms with Crippen LogP contribution in [0, 0.1) is 0 Å². The van der Waals surface area contributed by atoms with E-state index in [1.165, 1.54) is 7.11 Å². The van der Waals surface area contributed by atoms with E-state index in [-0.39, 0.29) is 5.97 Å². The highest BCUT2D eigenvalue weighted by Gasteiger charge is 2.04. The van der Waals surface area contributed by atoms with Gasteiger partial charge in [-0.1, -0.05) is 6.92 Å². The molecule has 0 bridgehead atoms. The molecule has 0 rings (SSSR count). The number of carbonyl (C=O) groups excluding carboxylic acids is 1. The predicted octanol–water partition coefficient (Wildman–Crippen LogP) is 0.954. The predicted molar refractivity (Wildman–Crippen MR) is 55.2 cm³/mol. The minimum atomic E-state index is -0.147. The number of hydrogen-bond donors (Lipinski definition) is 1. The number of rotatable bonds is 8. The van der Waals surface area contributed by atoms with Crippen LogP contribution in [0.25, 0.3) is 0 Å². The Hall–Kier alpha value is -0.610. The molecule has 4 nitrogen and oxygen atoms in total. The topological polar surface area (TPSA) is 47.6 Å². The quantitative estimate of drug-likeness (QED) is 0.471. The molecule has 0 fully saturated rings. The lowest BCUT2D eigenvalue weighted by molar-refractivity contribution is -0.140.